The van der Waals surface area contributed by atoms with E-state index in [-0.39, 0.29) is 5.56 Å². The molecule has 0 aliphatic carbocycles. The van der Waals surface area contributed by atoms with E-state index in [4.69, 9.17) is 0 Å². The fourth-order valence-electron chi connectivity index (χ4n) is 1.11. The lowest BCUT2D eigenvalue weighted by Crippen LogP contribution is -2.18. The van der Waals surface area contributed by atoms with Gasteiger partial charge in [-0.3, -0.25) is 9.78 Å². The molecule has 1 aliphatic heterocycles. The van der Waals surface area contributed by atoms with Gasteiger partial charge in [0.25, 0.3) is 5.56 Å². The van der Waals surface area contributed by atoms with Crippen LogP contribution in [0.1, 0.15) is 0 Å². The maximum atomic E-state index is 11.4. The summed E-state index contributed by atoms with van der Waals surface area (Å²) in [5, 5.41) is 5.72. The second kappa shape index (κ2) is 2.89. The van der Waals surface area contributed by atoms with Crippen LogP contribution in [0.2, 0.25) is 0 Å². The van der Waals surface area contributed by atoms with Crippen LogP contribution in [0, 0.1) is 0 Å². The number of fused-ring (bicyclic) bond motifs is 1. The van der Waals surface area contributed by atoms with Crippen molar-refractivity contribution in [3.8, 4) is 0 Å². The molecule has 0 amide bonds. The number of hydrogen-bond donors (Lipinski definition) is 3. The molecule has 13 heavy (non-hydrogen) atoms. The molecular formula is C7H9N5O. The maximum Gasteiger partial charge on any atom is 0.280 e. The van der Waals surface area contributed by atoms with E-state index in [1.54, 1.807) is 13.3 Å². The Hall–Kier alpha value is -1.85. The normalized spacial score (nSPS) is 13.3. The summed E-state index contributed by atoms with van der Waals surface area (Å²) in [6.07, 6.45) is 1.64. The van der Waals surface area contributed by atoms with Gasteiger partial charge in [0.1, 0.15) is 0 Å². The first-order chi connectivity index (χ1) is 6.31. The number of aliphatic imine (C=N–C) groups is 1. The first-order valence-corrected chi connectivity index (χ1v) is 3.89. The lowest BCUT2D eigenvalue weighted by Gasteiger charge is -2.10. The van der Waals surface area contributed by atoms with Crippen LogP contribution < -0.4 is 16.2 Å². The van der Waals surface area contributed by atoms with Gasteiger partial charge in [-0.2, -0.15) is 4.98 Å². The molecule has 68 valence electrons. The zero-order valence-electron chi connectivity index (χ0n) is 7.09. The van der Waals surface area contributed by atoms with E-state index in [9.17, 15) is 4.79 Å². The number of H-pyrrole nitrogens is 1. The minimum absolute atomic E-state index is 0.238. The highest BCUT2D eigenvalue weighted by Crippen LogP contribution is 2.19. The molecule has 3 N–H and O–H groups in total. The molecule has 0 atom stereocenters. The fourth-order valence-corrected chi connectivity index (χ4v) is 1.11. The molecule has 0 aromatic carbocycles. The molecule has 2 heterocycles. The summed E-state index contributed by atoms with van der Waals surface area (Å²) in [7, 11) is 1.69. The highest BCUT2D eigenvalue weighted by atomic mass is 16.1. The van der Waals surface area contributed by atoms with Crippen LogP contribution in [0.4, 0.5) is 17.5 Å². The Morgan fingerprint density at radius 3 is 3.23 bits per heavy atom. The van der Waals surface area contributed by atoms with Gasteiger partial charge in [-0.15, -0.1) is 0 Å². The molecule has 0 spiro atoms. The molecule has 6 heteroatoms. The Morgan fingerprint density at radius 2 is 2.46 bits per heavy atom. The molecule has 0 saturated heterocycles. The van der Waals surface area contributed by atoms with Crippen molar-refractivity contribution in [2.45, 2.75) is 0 Å². The predicted molar refractivity (Wildman–Crippen MR) is 51.0 cm³/mol. The monoisotopic (exact) mass is 179 g/mol. The first-order valence-electron chi connectivity index (χ1n) is 3.89. The van der Waals surface area contributed by atoms with E-state index in [1.807, 2.05) is 0 Å². The topological polar surface area (TPSA) is 82.2 Å². The van der Waals surface area contributed by atoms with Crippen LogP contribution in [-0.2, 0) is 0 Å². The van der Waals surface area contributed by atoms with Crippen LogP contribution >= 0.6 is 0 Å². The maximum absolute atomic E-state index is 11.4. The Kier molecular flexibility index (Phi) is 1.73. The van der Waals surface area contributed by atoms with Gasteiger partial charge in [0.05, 0.1) is 6.54 Å². The zero-order chi connectivity index (χ0) is 9.26. The summed E-state index contributed by atoms with van der Waals surface area (Å²) in [5.41, 5.74) is 0.100. The quantitative estimate of drug-likeness (QED) is 0.564. The first kappa shape index (κ1) is 7.78. The summed E-state index contributed by atoms with van der Waals surface area (Å²) in [4.78, 5) is 22.0. The standard InChI is InChI=1S/C7H9N5O/c1-8-7-11-5-4(6(13)12-7)9-2-3-10-5/h2H,3H2,1H3,(H3,8,10,11,12,13). The van der Waals surface area contributed by atoms with Gasteiger partial charge in [-0.05, 0) is 0 Å². The van der Waals surface area contributed by atoms with E-state index in [1.165, 1.54) is 0 Å². The highest BCUT2D eigenvalue weighted by molar-refractivity contribution is 5.78. The molecule has 6 nitrogen and oxygen atoms in total. The number of hydrogen-bond acceptors (Lipinski definition) is 5. The van der Waals surface area contributed by atoms with Crippen LogP contribution in [0.25, 0.3) is 0 Å². The molecule has 0 saturated carbocycles. The van der Waals surface area contributed by atoms with Gasteiger partial charge in [0, 0.05) is 13.3 Å². The van der Waals surface area contributed by atoms with Crippen molar-refractivity contribution in [1.29, 1.82) is 0 Å². The van der Waals surface area contributed by atoms with Gasteiger partial charge in [0.2, 0.25) is 5.95 Å². The second-order valence-corrected chi connectivity index (χ2v) is 2.55. The number of nitrogens with zero attached hydrogens (tertiary/aromatic N) is 2. The molecule has 1 aromatic rings. The molecule has 1 aromatic heterocycles. The van der Waals surface area contributed by atoms with Crippen molar-refractivity contribution < 1.29 is 0 Å². The van der Waals surface area contributed by atoms with Crippen molar-refractivity contribution in [2.24, 2.45) is 4.99 Å². The summed E-state index contributed by atoms with van der Waals surface area (Å²) in [5.74, 6) is 0.962. The van der Waals surface area contributed by atoms with Gasteiger partial charge >= 0.3 is 0 Å². The third-order valence-corrected chi connectivity index (χ3v) is 1.71. The lowest BCUT2D eigenvalue weighted by molar-refractivity contribution is 1.08. The van der Waals surface area contributed by atoms with Gasteiger partial charge < -0.3 is 10.6 Å². The van der Waals surface area contributed by atoms with Crippen molar-refractivity contribution >= 4 is 23.7 Å². The molecule has 1 aliphatic rings. The third-order valence-electron chi connectivity index (χ3n) is 1.71. The summed E-state index contributed by atoms with van der Waals surface area (Å²) in [6, 6.07) is 0. The fraction of sp³-hybridized carbons (Fsp3) is 0.286. The smallest absolute Gasteiger partial charge is 0.280 e. The van der Waals surface area contributed by atoms with Crippen molar-refractivity contribution in [2.75, 3.05) is 24.2 Å². The minimum atomic E-state index is -0.238. The summed E-state index contributed by atoms with van der Waals surface area (Å²) in [6.45, 7) is 0.604. The Morgan fingerprint density at radius 1 is 1.62 bits per heavy atom. The second-order valence-electron chi connectivity index (χ2n) is 2.55. The number of anilines is 2. The predicted octanol–water partition coefficient (Wildman–Crippen LogP) is -0.0606. The van der Waals surface area contributed by atoms with Gasteiger partial charge in [-0.25, -0.2) is 4.99 Å². The average Bonchev–Trinajstić information content (AvgIpc) is 2.18. The lowest BCUT2D eigenvalue weighted by atomic mass is 10.4. The van der Waals surface area contributed by atoms with Gasteiger partial charge in [0.15, 0.2) is 11.5 Å². The zero-order valence-corrected chi connectivity index (χ0v) is 7.09. The molecule has 0 fully saturated rings. The third kappa shape index (κ3) is 1.26. The Bertz CT molecular complexity index is 408. The van der Waals surface area contributed by atoms with Crippen LogP contribution in [0.3, 0.4) is 0 Å². The molecule has 0 bridgehead atoms. The summed E-state index contributed by atoms with van der Waals surface area (Å²) < 4.78 is 0. The number of nitrogens with one attached hydrogen (secondary N) is 3. The van der Waals surface area contributed by atoms with Gasteiger partial charge in [-0.1, -0.05) is 0 Å². The Labute approximate surface area is 74.1 Å². The molecular weight excluding hydrogens is 170 g/mol. The van der Waals surface area contributed by atoms with Crippen molar-refractivity contribution in [3.05, 3.63) is 10.4 Å². The van der Waals surface area contributed by atoms with E-state index < -0.39 is 0 Å². The Balaban J connectivity index is 2.61. The average molecular weight is 179 g/mol. The number of aromatic amines is 1. The molecule has 0 radical (unpaired) electrons. The highest BCUT2D eigenvalue weighted by Gasteiger charge is 2.11. The number of rotatable bonds is 1. The number of aromatic nitrogens is 2. The molecule has 0 unspecified atom stereocenters. The van der Waals surface area contributed by atoms with E-state index in [2.05, 4.69) is 25.6 Å². The van der Waals surface area contributed by atoms with Crippen LogP contribution in [0.5, 0.6) is 0 Å². The van der Waals surface area contributed by atoms with Crippen LogP contribution in [-0.4, -0.2) is 29.8 Å². The van der Waals surface area contributed by atoms with Crippen LogP contribution in [0.15, 0.2) is 9.79 Å². The van der Waals surface area contributed by atoms with Crippen molar-refractivity contribution in [3.63, 3.8) is 0 Å². The van der Waals surface area contributed by atoms with E-state index in [0.717, 1.165) is 0 Å². The SMILES string of the molecule is CNc1nc2c(c(=O)[nH]1)N=CCN2. The van der Waals surface area contributed by atoms with Crippen molar-refractivity contribution in [1.82, 2.24) is 9.97 Å². The van der Waals surface area contributed by atoms with E-state index in [0.29, 0.717) is 24.0 Å². The molecule has 2 rings (SSSR count). The minimum Gasteiger partial charge on any atom is -0.363 e. The largest absolute Gasteiger partial charge is 0.363 e. The summed E-state index contributed by atoms with van der Waals surface area (Å²) >= 11 is 0. The van der Waals surface area contributed by atoms with E-state index >= 15 is 0 Å².